The summed E-state index contributed by atoms with van der Waals surface area (Å²) < 4.78 is 11.9. The highest BCUT2D eigenvalue weighted by Gasteiger charge is 2.23. The molecule has 0 unspecified atom stereocenters. The molecule has 0 aliphatic carbocycles. The fourth-order valence-electron chi connectivity index (χ4n) is 5.04. The second-order valence-electron chi connectivity index (χ2n) is 10.1. The van der Waals surface area contributed by atoms with Gasteiger partial charge in [0.15, 0.2) is 5.78 Å². The van der Waals surface area contributed by atoms with Crippen LogP contribution < -0.4 is 4.74 Å². The molecule has 0 fully saturated rings. The van der Waals surface area contributed by atoms with E-state index in [-0.39, 0.29) is 24.3 Å². The van der Waals surface area contributed by atoms with Crippen molar-refractivity contribution >= 4 is 17.8 Å². The third-order valence-corrected chi connectivity index (χ3v) is 6.87. The standard InChI is InChI=1S/C35H32O4/c1-24-18-25(2)20-27(19-24)13-16-30(15-12-26-8-4-3-5-9-26)39-34(36)22-28-14-17-33-32(21-28)35(37)31-11-7-6-10-29(31)23-38-33/h3-12,14-15,17-21,30H,13,16,22-23H2,1-2H3/b15-12+/t30-/m0/s1. The van der Waals surface area contributed by atoms with Crippen molar-refractivity contribution in [3.8, 4) is 5.75 Å². The predicted octanol–water partition coefficient (Wildman–Crippen LogP) is 7.23. The van der Waals surface area contributed by atoms with Crippen LogP contribution in [0.3, 0.4) is 0 Å². The number of rotatable bonds is 8. The number of carbonyl (C=O) groups excluding carboxylic acids is 2. The van der Waals surface area contributed by atoms with Crippen molar-refractivity contribution in [2.75, 3.05) is 0 Å². The van der Waals surface area contributed by atoms with Gasteiger partial charge >= 0.3 is 5.97 Å². The molecule has 0 N–H and O–H groups in total. The Labute approximate surface area is 229 Å². The van der Waals surface area contributed by atoms with Crippen molar-refractivity contribution in [2.24, 2.45) is 0 Å². The molecule has 0 radical (unpaired) electrons. The Morgan fingerprint density at radius 2 is 1.62 bits per heavy atom. The minimum atomic E-state index is -0.379. The van der Waals surface area contributed by atoms with Crippen LogP contribution in [-0.4, -0.2) is 17.9 Å². The average Bonchev–Trinajstić information content (AvgIpc) is 3.07. The van der Waals surface area contributed by atoms with E-state index in [1.54, 1.807) is 12.1 Å². The monoisotopic (exact) mass is 516 g/mol. The molecule has 4 heteroatoms. The van der Waals surface area contributed by atoms with Crippen molar-refractivity contribution < 1.29 is 19.1 Å². The van der Waals surface area contributed by atoms with Gasteiger partial charge in [-0.25, -0.2) is 0 Å². The first-order valence-corrected chi connectivity index (χ1v) is 13.3. The number of fused-ring (bicyclic) bond motifs is 2. The largest absolute Gasteiger partial charge is 0.488 e. The minimum Gasteiger partial charge on any atom is -0.488 e. The first-order valence-electron chi connectivity index (χ1n) is 13.3. The lowest BCUT2D eigenvalue weighted by molar-refractivity contribution is -0.146. The Morgan fingerprint density at radius 1 is 0.872 bits per heavy atom. The van der Waals surface area contributed by atoms with Crippen LogP contribution in [0.4, 0.5) is 0 Å². The van der Waals surface area contributed by atoms with Crippen molar-refractivity contribution in [2.45, 2.75) is 45.8 Å². The summed E-state index contributed by atoms with van der Waals surface area (Å²) in [6.45, 7) is 4.53. The Bertz CT molecular complexity index is 1500. The normalized spacial score (nSPS) is 13.2. The van der Waals surface area contributed by atoms with E-state index in [9.17, 15) is 9.59 Å². The van der Waals surface area contributed by atoms with Gasteiger partial charge in [-0.05, 0) is 61.6 Å². The van der Waals surface area contributed by atoms with Crippen LogP contribution in [0, 0.1) is 13.8 Å². The van der Waals surface area contributed by atoms with Gasteiger partial charge in [0.05, 0.1) is 12.0 Å². The van der Waals surface area contributed by atoms with Crippen molar-refractivity contribution in [3.63, 3.8) is 0 Å². The summed E-state index contributed by atoms with van der Waals surface area (Å²) in [6, 6.07) is 29.3. The molecule has 0 aromatic heterocycles. The highest BCUT2D eigenvalue weighted by Crippen LogP contribution is 2.29. The molecule has 0 spiro atoms. The average molecular weight is 517 g/mol. The SMILES string of the molecule is Cc1cc(C)cc(CC[C@H](/C=C/c2ccccc2)OC(=O)Cc2ccc3c(c2)C(=O)c2ccccc2CO3)c1. The fourth-order valence-corrected chi connectivity index (χ4v) is 5.04. The number of hydrogen-bond donors (Lipinski definition) is 0. The number of ketones is 1. The van der Waals surface area contributed by atoms with Gasteiger partial charge in [-0.15, -0.1) is 0 Å². The third-order valence-electron chi connectivity index (χ3n) is 6.87. The quantitative estimate of drug-likeness (QED) is 0.232. The summed E-state index contributed by atoms with van der Waals surface area (Å²) in [5, 5.41) is 0. The van der Waals surface area contributed by atoms with Crippen LogP contribution >= 0.6 is 0 Å². The summed E-state index contributed by atoms with van der Waals surface area (Å²) in [7, 11) is 0. The van der Waals surface area contributed by atoms with Gasteiger partial charge in [0.25, 0.3) is 0 Å². The Balaban J connectivity index is 1.31. The zero-order valence-electron chi connectivity index (χ0n) is 22.4. The number of ether oxygens (including phenoxy) is 2. The van der Waals surface area contributed by atoms with Gasteiger partial charge in [-0.1, -0.05) is 96.1 Å². The molecule has 1 aliphatic rings. The molecular formula is C35H32O4. The van der Waals surface area contributed by atoms with Crippen molar-refractivity contribution in [1.29, 1.82) is 0 Å². The smallest absolute Gasteiger partial charge is 0.310 e. The maximum atomic E-state index is 13.2. The van der Waals surface area contributed by atoms with Crippen LogP contribution in [0.1, 0.15) is 55.7 Å². The van der Waals surface area contributed by atoms with Crippen LogP contribution in [-0.2, 0) is 29.0 Å². The van der Waals surface area contributed by atoms with Crippen LogP contribution in [0.5, 0.6) is 5.75 Å². The summed E-state index contributed by atoms with van der Waals surface area (Å²) in [5.41, 5.74) is 7.41. The third kappa shape index (κ3) is 6.71. The highest BCUT2D eigenvalue weighted by molar-refractivity contribution is 6.12. The number of benzene rings is 4. The number of aryl methyl sites for hydroxylation is 3. The lowest BCUT2D eigenvalue weighted by Crippen LogP contribution is -2.19. The van der Waals surface area contributed by atoms with E-state index in [2.05, 4.69) is 32.0 Å². The number of hydrogen-bond acceptors (Lipinski definition) is 4. The van der Waals surface area contributed by atoms with E-state index >= 15 is 0 Å². The molecule has 4 aromatic rings. The van der Waals surface area contributed by atoms with E-state index in [0.29, 0.717) is 29.9 Å². The van der Waals surface area contributed by atoms with E-state index in [0.717, 1.165) is 23.1 Å². The summed E-state index contributed by atoms with van der Waals surface area (Å²) in [6.07, 6.45) is 5.11. The molecule has 0 saturated heterocycles. The molecule has 0 bridgehead atoms. The maximum Gasteiger partial charge on any atom is 0.310 e. The fraction of sp³-hybridized carbons (Fsp3) is 0.200. The van der Waals surface area contributed by atoms with Crippen molar-refractivity contribution in [1.82, 2.24) is 0 Å². The summed E-state index contributed by atoms with van der Waals surface area (Å²) in [4.78, 5) is 26.3. The first kappa shape index (κ1) is 26.2. The van der Waals surface area contributed by atoms with E-state index < -0.39 is 0 Å². The van der Waals surface area contributed by atoms with Gasteiger partial charge < -0.3 is 9.47 Å². The zero-order chi connectivity index (χ0) is 27.2. The van der Waals surface area contributed by atoms with Crippen LogP contribution in [0.25, 0.3) is 6.08 Å². The van der Waals surface area contributed by atoms with Crippen LogP contribution in [0.2, 0.25) is 0 Å². The maximum absolute atomic E-state index is 13.2. The molecule has 5 rings (SSSR count). The van der Waals surface area contributed by atoms with Gasteiger partial charge in [-0.2, -0.15) is 0 Å². The minimum absolute atomic E-state index is 0.0709. The molecule has 1 atom stereocenters. The summed E-state index contributed by atoms with van der Waals surface area (Å²) in [5.74, 6) is 0.108. The molecule has 4 aromatic carbocycles. The molecule has 4 nitrogen and oxygen atoms in total. The zero-order valence-corrected chi connectivity index (χ0v) is 22.4. The van der Waals surface area contributed by atoms with Gasteiger partial charge in [0.1, 0.15) is 18.5 Å². The second kappa shape index (κ2) is 12.0. The van der Waals surface area contributed by atoms with Crippen molar-refractivity contribution in [3.05, 3.63) is 142 Å². The molecule has 1 heterocycles. The van der Waals surface area contributed by atoms with E-state index in [1.165, 1.54) is 16.7 Å². The Hall–Kier alpha value is -4.44. The first-order chi connectivity index (χ1) is 18.9. The second-order valence-corrected chi connectivity index (χ2v) is 10.1. The molecule has 0 amide bonds. The van der Waals surface area contributed by atoms with E-state index in [1.807, 2.05) is 72.8 Å². The lowest BCUT2D eigenvalue weighted by Gasteiger charge is -2.16. The highest BCUT2D eigenvalue weighted by atomic mass is 16.5. The van der Waals surface area contributed by atoms with Gasteiger partial charge in [0, 0.05) is 11.1 Å². The van der Waals surface area contributed by atoms with Crippen LogP contribution in [0.15, 0.2) is 97.1 Å². The molecule has 196 valence electrons. The Kier molecular flexibility index (Phi) is 8.02. The molecular weight excluding hydrogens is 484 g/mol. The molecule has 39 heavy (non-hydrogen) atoms. The number of carbonyl (C=O) groups is 2. The van der Waals surface area contributed by atoms with Gasteiger partial charge in [-0.3, -0.25) is 9.59 Å². The molecule has 0 saturated carbocycles. The van der Waals surface area contributed by atoms with Gasteiger partial charge in [0.2, 0.25) is 0 Å². The molecule has 1 aliphatic heterocycles. The topological polar surface area (TPSA) is 52.6 Å². The predicted molar refractivity (Wildman–Crippen MR) is 154 cm³/mol. The summed E-state index contributed by atoms with van der Waals surface area (Å²) >= 11 is 0. The van der Waals surface area contributed by atoms with E-state index in [4.69, 9.17) is 9.47 Å². The Morgan fingerprint density at radius 3 is 2.41 bits per heavy atom. The number of esters is 1. The lowest BCUT2D eigenvalue weighted by atomic mass is 9.97.